The number of amides is 2. The smallest absolute Gasteiger partial charge is 0.278 e. The Kier molecular flexibility index (Phi) is 4.51. The SMILES string of the molecule is CC(C)N1CN(C2c3ccccc3NC(=O)c3ccccc32)n2ccc(=O)c(O)c2C1=O. The molecule has 2 aliphatic rings. The van der Waals surface area contributed by atoms with Gasteiger partial charge in [0.15, 0.2) is 11.4 Å². The summed E-state index contributed by atoms with van der Waals surface area (Å²) in [6.07, 6.45) is 1.50. The molecule has 8 heteroatoms. The van der Waals surface area contributed by atoms with Gasteiger partial charge in [0, 0.05) is 35.1 Å². The molecule has 0 radical (unpaired) electrons. The van der Waals surface area contributed by atoms with E-state index in [-0.39, 0.29) is 24.3 Å². The number of benzene rings is 2. The van der Waals surface area contributed by atoms with Crippen LogP contribution in [0.1, 0.15) is 51.9 Å². The molecule has 2 N–H and O–H groups in total. The number of nitrogens with one attached hydrogen (secondary N) is 1. The lowest BCUT2D eigenvalue weighted by Gasteiger charge is -2.45. The number of carbonyl (C=O) groups is 2. The van der Waals surface area contributed by atoms with Crippen molar-refractivity contribution < 1.29 is 14.7 Å². The Morgan fingerprint density at radius 2 is 1.66 bits per heavy atom. The molecule has 8 nitrogen and oxygen atoms in total. The van der Waals surface area contributed by atoms with Crippen molar-refractivity contribution in [2.45, 2.75) is 25.9 Å². The summed E-state index contributed by atoms with van der Waals surface area (Å²) < 4.78 is 1.53. The Morgan fingerprint density at radius 3 is 2.41 bits per heavy atom. The first-order valence-electron chi connectivity index (χ1n) is 10.4. The van der Waals surface area contributed by atoms with Crippen LogP contribution < -0.4 is 15.8 Å². The average Bonchev–Trinajstić information content (AvgIpc) is 2.90. The summed E-state index contributed by atoms with van der Waals surface area (Å²) in [6.45, 7) is 3.96. The summed E-state index contributed by atoms with van der Waals surface area (Å²) in [5.74, 6) is -1.22. The molecule has 162 valence electrons. The number of para-hydroxylation sites is 1. The van der Waals surface area contributed by atoms with E-state index in [1.807, 2.05) is 61.3 Å². The molecule has 0 fully saturated rings. The topological polar surface area (TPSA) is 94.9 Å². The van der Waals surface area contributed by atoms with Crippen LogP contribution >= 0.6 is 0 Å². The molecule has 1 aromatic heterocycles. The van der Waals surface area contributed by atoms with Crippen molar-refractivity contribution in [3.05, 3.63) is 93.4 Å². The highest BCUT2D eigenvalue weighted by molar-refractivity contribution is 6.07. The van der Waals surface area contributed by atoms with Gasteiger partial charge in [0.25, 0.3) is 11.8 Å². The molecule has 1 unspecified atom stereocenters. The zero-order valence-electron chi connectivity index (χ0n) is 17.6. The van der Waals surface area contributed by atoms with Gasteiger partial charge in [-0.2, -0.15) is 0 Å². The van der Waals surface area contributed by atoms with Crippen molar-refractivity contribution in [3.63, 3.8) is 0 Å². The second-order valence-corrected chi connectivity index (χ2v) is 8.20. The van der Waals surface area contributed by atoms with Crippen LogP contribution in [0.15, 0.2) is 65.6 Å². The Labute approximate surface area is 184 Å². The fourth-order valence-electron chi connectivity index (χ4n) is 4.43. The van der Waals surface area contributed by atoms with Crippen LogP contribution in [0.5, 0.6) is 5.75 Å². The van der Waals surface area contributed by atoms with Crippen LogP contribution in [0.4, 0.5) is 5.69 Å². The Morgan fingerprint density at radius 1 is 0.969 bits per heavy atom. The first-order chi connectivity index (χ1) is 15.4. The van der Waals surface area contributed by atoms with Gasteiger partial charge in [-0.25, -0.2) is 0 Å². The van der Waals surface area contributed by atoms with Crippen molar-refractivity contribution in [1.82, 2.24) is 9.58 Å². The number of hydrogen-bond donors (Lipinski definition) is 2. The van der Waals surface area contributed by atoms with E-state index in [4.69, 9.17) is 0 Å². The van der Waals surface area contributed by atoms with Gasteiger partial charge in [-0.15, -0.1) is 0 Å². The number of carbonyl (C=O) groups excluding carboxylic acids is 2. The Hall–Kier alpha value is -4.07. The van der Waals surface area contributed by atoms with E-state index in [1.54, 1.807) is 11.0 Å². The summed E-state index contributed by atoms with van der Waals surface area (Å²) in [4.78, 5) is 39.9. The van der Waals surface area contributed by atoms with Gasteiger partial charge >= 0.3 is 0 Å². The minimum Gasteiger partial charge on any atom is -0.502 e. The molecular weight excluding hydrogens is 408 g/mol. The van der Waals surface area contributed by atoms with E-state index in [1.165, 1.54) is 16.9 Å². The highest BCUT2D eigenvalue weighted by Gasteiger charge is 2.39. The number of aromatic nitrogens is 1. The molecule has 3 aromatic rings. The van der Waals surface area contributed by atoms with Gasteiger partial charge in [-0.3, -0.25) is 24.1 Å². The molecule has 0 saturated heterocycles. The largest absolute Gasteiger partial charge is 0.502 e. The van der Waals surface area contributed by atoms with Gasteiger partial charge in [0.05, 0.1) is 0 Å². The van der Waals surface area contributed by atoms with Crippen LogP contribution in [0, 0.1) is 0 Å². The van der Waals surface area contributed by atoms with Crippen molar-refractivity contribution >= 4 is 17.5 Å². The quantitative estimate of drug-likeness (QED) is 0.652. The molecule has 3 heterocycles. The van der Waals surface area contributed by atoms with E-state index in [9.17, 15) is 19.5 Å². The minimum atomic E-state index is -0.617. The van der Waals surface area contributed by atoms with Crippen molar-refractivity contribution in [1.29, 1.82) is 0 Å². The lowest BCUT2D eigenvalue weighted by Crippen LogP contribution is -2.57. The lowest BCUT2D eigenvalue weighted by atomic mass is 9.94. The van der Waals surface area contributed by atoms with Crippen molar-refractivity contribution in [2.75, 3.05) is 17.0 Å². The van der Waals surface area contributed by atoms with Crippen molar-refractivity contribution in [3.8, 4) is 5.75 Å². The number of anilines is 1. The molecule has 0 aliphatic carbocycles. The zero-order valence-corrected chi connectivity index (χ0v) is 17.6. The normalized spacial score (nSPS) is 17.4. The molecule has 0 saturated carbocycles. The number of aromatic hydroxyl groups is 1. The molecule has 1 atom stereocenters. The summed E-state index contributed by atoms with van der Waals surface area (Å²) in [6, 6.07) is 15.4. The third-order valence-corrected chi connectivity index (χ3v) is 6.02. The Balaban J connectivity index is 1.81. The molecule has 2 aromatic carbocycles. The molecule has 0 spiro atoms. The zero-order chi connectivity index (χ0) is 22.6. The highest BCUT2D eigenvalue weighted by Crippen LogP contribution is 2.39. The van der Waals surface area contributed by atoms with Crippen LogP contribution in [0.3, 0.4) is 0 Å². The van der Waals surface area contributed by atoms with Gasteiger partial charge in [-0.05, 0) is 31.5 Å². The number of rotatable bonds is 2. The average molecular weight is 430 g/mol. The second kappa shape index (κ2) is 7.26. The van der Waals surface area contributed by atoms with Gasteiger partial charge in [0.1, 0.15) is 12.7 Å². The van der Waals surface area contributed by atoms with Crippen LogP contribution in [0.2, 0.25) is 0 Å². The predicted octanol–water partition coefficient (Wildman–Crippen LogP) is 2.67. The third-order valence-electron chi connectivity index (χ3n) is 6.02. The second-order valence-electron chi connectivity index (χ2n) is 8.20. The van der Waals surface area contributed by atoms with Crippen LogP contribution in [0.25, 0.3) is 0 Å². The van der Waals surface area contributed by atoms with Gasteiger partial charge < -0.3 is 15.3 Å². The number of fused-ring (bicyclic) bond motifs is 3. The van der Waals surface area contributed by atoms with E-state index in [0.717, 1.165) is 11.1 Å². The first-order valence-corrected chi connectivity index (χ1v) is 10.4. The van der Waals surface area contributed by atoms with Gasteiger partial charge in [0.2, 0.25) is 5.43 Å². The Bertz CT molecular complexity index is 1310. The summed E-state index contributed by atoms with van der Waals surface area (Å²) in [5.41, 5.74) is 2.08. The minimum absolute atomic E-state index is 0.0871. The van der Waals surface area contributed by atoms with Crippen LogP contribution in [-0.4, -0.2) is 39.2 Å². The van der Waals surface area contributed by atoms with Crippen molar-refractivity contribution in [2.24, 2.45) is 0 Å². The number of nitrogens with zero attached hydrogens (tertiary/aromatic N) is 3. The maximum atomic E-state index is 13.2. The third kappa shape index (κ3) is 2.87. The molecule has 2 amide bonds. The van der Waals surface area contributed by atoms with Gasteiger partial charge in [-0.1, -0.05) is 36.4 Å². The van der Waals surface area contributed by atoms with E-state index < -0.39 is 23.1 Å². The van der Waals surface area contributed by atoms with Crippen LogP contribution in [-0.2, 0) is 0 Å². The molecule has 2 aliphatic heterocycles. The molecular formula is C24H22N4O4. The fraction of sp³-hybridized carbons (Fsp3) is 0.208. The predicted molar refractivity (Wildman–Crippen MR) is 119 cm³/mol. The van der Waals surface area contributed by atoms with E-state index >= 15 is 0 Å². The first kappa shape index (κ1) is 19.9. The lowest BCUT2D eigenvalue weighted by molar-refractivity contribution is 0.0621. The maximum Gasteiger partial charge on any atom is 0.278 e. The molecule has 0 bridgehead atoms. The van der Waals surface area contributed by atoms with E-state index in [2.05, 4.69) is 5.32 Å². The summed E-state index contributed by atoms with van der Waals surface area (Å²) in [5, 5.41) is 15.4. The standard InChI is InChI=1S/C24H22N4O4/c1-14(2)26-13-28(27-12-11-19(29)22(30)21(27)24(26)32)20-15-7-3-4-8-16(15)23(31)25-18-10-6-5-9-17(18)20/h3-12,14,20,30H,13H2,1-2H3,(H,25,31). The monoisotopic (exact) mass is 430 g/mol. The highest BCUT2D eigenvalue weighted by atomic mass is 16.3. The fourth-order valence-corrected chi connectivity index (χ4v) is 4.43. The van der Waals surface area contributed by atoms with E-state index in [0.29, 0.717) is 11.3 Å². The summed E-state index contributed by atoms with van der Waals surface area (Å²) >= 11 is 0. The molecule has 32 heavy (non-hydrogen) atoms. The number of pyridine rings is 1. The summed E-state index contributed by atoms with van der Waals surface area (Å²) in [7, 11) is 0. The molecule has 5 rings (SSSR count). The number of hydrogen-bond acceptors (Lipinski definition) is 5. The maximum absolute atomic E-state index is 13.2.